The number of benzene rings is 2. The van der Waals surface area contributed by atoms with Crippen molar-refractivity contribution in [2.75, 3.05) is 0 Å². The number of rotatable bonds is 4. The molecule has 0 aliphatic carbocycles. The average molecular weight is 353 g/mol. The summed E-state index contributed by atoms with van der Waals surface area (Å²) < 4.78 is 1.61. The molecule has 0 aliphatic rings. The molecular weight excluding hydrogens is 343 g/mol. The van der Waals surface area contributed by atoms with Crippen molar-refractivity contribution in [3.63, 3.8) is 0 Å². The zero-order valence-electron chi connectivity index (χ0n) is 11.1. The Bertz CT molecular complexity index is 792. The van der Waals surface area contributed by atoms with Crippen LogP contribution in [0.2, 0.25) is 10.0 Å². The van der Waals surface area contributed by atoms with Gasteiger partial charge in [-0.3, -0.25) is 0 Å². The van der Waals surface area contributed by atoms with E-state index < -0.39 is 0 Å². The molecular formula is C14H10Cl2N4OS. The van der Waals surface area contributed by atoms with Crippen LogP contribution < -0.4 is 0 Å². The lowest BCUT2D eigenvalue weighted by Crippen LogP contribution is -1.98. The summed E-state index contributed by atoms with van der Waals surface area (Å²) in [5.41, 5.74) is 1.80. The third-order valence-electron chi connectivity index (χ3n) is 2.89. The van der Waals surface area contributed by atoms with Crippen molar-refractivity contribution in [2.24, 2.45) is 0 Å². The van der Waals surface area contributed by atoms with Gasteiger partial charge in [-0.05, 0) is 52.4 Å². The first-order valence-corrected chi connectivity index (χ1v) is 8.02. The molecule has 0 spiro atoms. The van der Waals surface area contributed by atoms with Crippen LogP contribution in [0.3, 0.4) is 0 Å². The fourth-order valence-electron chi connectivity index (χ4n) is 1.80. The highest BCUT2D eigenvalue weighted by molar-refractivity contribution is 7.98. The Morgan fingerprint density at radius 2 is 1.82 bits per heavy atom. The SMILES string of the molecule is Oc1ccc(-n2nnnc2SCc2ccc(Cl)c(Cl)c2)cc1. The minimum absolute atomic E-state index is 0.196. The van der Waals surface area contributed by atoms with E-state index in [2.05, 4.69) is 15.5 Å². The Balaban J connectivity index is 1.77. The van der Waals surface area contributed by atoms with E-state index in [1.54, 1.807) is 35.0 Å². The van der Waals surface area contributed by atoms with E-state index in [1.807, 2.05) is 12.1 Å². The zero-order chi connectivity index (χ0) is 15.5. The van der Waals surface area contributed by atoms with Crippen LogP contribution >= 0.6 is 35.0 Å². The van der Waals surface area contributed by atoms with Gasteiger partial charge in [-0.2, -0.15) is 4.68 Å². The summed E-state index contributed by atoms with van der Waals surface area (Å²) in [6.45, 7) is 0. The summed E-state index contributed by atoms with van der Waals surface area (Å²) in [7, 11) is 0. The lowest BCUT2D eigenvalue weighted by atomic mass is 10.2. The number of tetrazole rings is 1. The molecule has 1 aromatic heterocycles. The molecule has 3 rings (SSSR count). The first-order chi connectivity index (χ1) is 10.6. The first-order valence-electron chi connectivity index (χ1n) is 6.28. The maximum Gasteiger partial charge on any atom is 0.214 e. The van der Waals surface area contributed by atoms with Crippen LogP contribution in [-0.4, -0.2) is 25.3 Å². The second-order valence-corrected chi connectivity index (χ2v) is 6.18. The lowest BCUT2D eigenvalue weighted by molar-refractivity contribution is 0.475. The molecule has 1 N–H and O–H groups in total. The van der Waals surface area contributed by atoms with Gasteiger partial charge in [-0.25, -0.2) is 0 Å². The van der Waals surface area contributed by atoms with Crippen LogP contribution in [0.4, 0.5) is 0 Å². The van der Waals surface area contributed by atoms with Gasteiger partial charge in [0.1, 0.15) is 5.75 Å². The molecule has 0 radical (unpaired) electrons. The zero-order valence-corrected chi connectivity index (χ0v) is 13.5. The molecule has 0 fully saturated rings. The number of hydrogen-bond acceptors (Lipinski definition) is 5. The molecule has 112 valence electrons. The molecule has 2 aromatic carbocycles. The minimum atomic E-state index is 0.196. The summed E-state index contributed by atoms with van der Waals surface area (Å²) >= 11 is 13.4. The topological polar surface area (TPSA) is 63.8 Å². The van der Waals surface area contributed by atoms with Crippen molar-refractivity contribution in [3.05, 3.63) is 58.1 Å². The van der Waals surface area contributed by atoms with Crippen molar-refractivity contribution in [3.8, 4) is 11.4 Å². The highest BCUT2D eigenvalue weighted by Gasteiger charge is 2.10. The van der Waals surface area contributed by atoms with Gasteiger partial charge < -0.3 is 5.11 Å². The van der Waals surface area contributed by atoms with E-state index in [1.165, 1.54) is 11.8 Å². The van der Waals surface area contributed by atoms with E-state index in [9.17, 15) is 5.11 Å². The minimum Gasteiger partial charge on any atom is -0.508 e. The largest absolute Gasteiger partial charge is 0.508 e. The number of nitrogens with zero attached hydrogens (tertiary/aromatic N) is 4. The number of hydrogen-bond donors (Lipinski definition) is 1. The predicted molar refractivity (Wildman–Crippen MR) is 86.8 cm³/mol. The second-order valence-electron chi connectivity index (χ2n) is 4.43. The Kier molecular flexibility index (Phi) is 4.52. The highest BCUT2D eigenvalue weighted by Crippen LogP contribution is 2.27. The molecule has 0 saturated heterocycles. The van der Waals surface area contributed by atoms with Crippen LogP contribution in [0.1, 0.15) is 5.56 Å². The van der Waals surface area contributed by atoms with Crippen molar-refractivity contribution < 1.29 is 5.11 Å². The van der Waals surface area contributed by atoms with Gasteiger partial charge >= 0.3 is 0 Å². The Labute approximate surface area is 140 Å². The maximum absolute atomic E-state index is 9.33. The number of halogens is 2. The summed E-state index contributed by atoms with van der Waals surface area (Å²) in [5.74, 6) is 0.858. The smallest absolute Gasteiger partial charge is 0.214 e. The van der Waals surface area contributed by atoms with E-state index in [0.29, 0.717) is 21.0 Å². The summed E-state index contributed by atoms with van der Waals surface area (Å²) in [5, 5.41) is 22.7. The van der Waals surface area contributed by atoms with Gasteiger partial charge in [0.15, 0.2) is 0 Å². The van der Waals surface area contributed by atoms with E-state index in [-0.39, 0.29) is 5.75 Å². The van der Waals surface area contributed by atoms with Crippen LogP contribution in [0.15, 0.2) is 47.6 Å². The molecule has 0 amide bonds. The molecule has 0 saturated carbocycles. The van der Waals surface area contributed by atoms with Crippen LogP contribution in [0, 0.1) is 0 Å². The Morgan fingerprint density at radius 3 is 2.55 bits per heavy atom. The maximum atomic E-state index is 9.33. The van der Waals surface area contributed by atoms with Gasteiger partial charge in [0.2, 0.25) is 5.16 Å². The van der Waals surface area contributed by atoms with E-state index in [4.69, 9.17) is 23.2 Å². The number of thioether (sulfide) groups is 1. The van der Waals surface area contributed by atoms with Gasteiger partial charge in [0.25, 0.3) is 0 Å². The van der Waals surface area contributed by atoms with Crippen molar-refractivity contribution >= 4 is 35.0 Å². The van der Waals surface area contributed by atoms with E-state index >= 15 is 0 Å². The number of aromatic nitrogens is 4. The van der Waals surface area contributed by atoms with Crippen LogP contribution in [0.25, 0.3) is 5.69 Å². The number of phenolic OH excluding ortho intramolecular Hbond substituents is 1. The van der Waals surface area contributed by atoms with Gasteiger partial charge in [-0.15, -0.1) is 5.10 Å². The summed E-state index contributed by atoms with van der Waals surface area (Å²) in [6, 6.07) is 12.2. The number of phenols is 1. The average Bonchev–Trinajstić information content (AvgIpc) is 2.98. The van der Waals surface area contributed by atoms with Crippen molar-refractivity contribution in [1.82, 2.24) is 20.2 Å². The first kappa shape index (κ1) is 15.1. The molecule has 3 aromatic rings. The normalized spacial score (nSPS) is 10.8. The monoisotopic (exact) mass is 352 g/mol. The summed E-state index contributed by atoms with van der Waals surface area (Å²) in [4.78, 5) is 0. The van der Waals surface area contributed by atoms with E-state index in [0.717, 1.165) is 11.3 Å². The number of aromatic hydroxyl groups is 1. The standard InChI is InChI=1S/C14H10Cl2N4OS/c15-12-6-1-9(7-13(12)16)8-22-14-17-18-19-20(14)10-2-4-11(21)5-3-10/h1-7,21H,8H2. The lowest BCUT2D eigenvalue weighted by Gasteiger charge is -2.05. The van der Waals surface area contributed by atoms with Crippen molar-refractivity contribution in [2.45, 2.75) is 10.9 Å². The predicted octanol–water partition coefficient (Wildman–Crippen LogP) is 3.97. The Morgan fingerprint density at radius 1 is 1.05 bits per heavy atom. The molecule has 0 atom stereocenters. The molecule has 0 aliphatic heterocycles. The van der Waals surface area contributed by atoms with Crippen molar-refractivity contribution in [1.29, 1.82) is 0 Å². The third-order valence-corrected chi connectivity index (χ3v) is 4.62. The second kappa shape index (κ2) is 6.56. The molecule has 0 unspecified atom stereocenters. The fraction of sp³-hybridized carbons (Fsp3) is 0.0714. The van der Waals surface area contributed by atoms with Gasteiger partial charge in [-0.1, -0.05) is 41.0 Å². The van der Waals surface area contributed by atoms with Gasteiger partial charge in [0.05, 0.1) is 15.7 Å². The third kappa shape index (κ3) is 3.35. The molecule has 8 heteroatoms. The molecule has 22 heavy (non-hydrogen) atoms. The Hall–Kier alpha value is -1.76. The van der Waals surface area contributed by atoms with Gasteiger partial charge in [0, 0.05) is 5.75 Å². The molecule has 1 heterocycles. The molecule has 5 nitrogen and oxygen atoms in total. The fourth-order valence-corrected chi connectivity index (χ4v) is 2.96. The quantitative estimate of drug-likeness (QED) is 0.719. The molecule has 0 bridgehead atoms. The highest BCUT2D eigenvalue weighted by atomic mass is 35.5. The van der Waals surface area contributed by atoms with Crippen LogP contribution in [-0.2, 0) is 5.75 Å². The van der Waals surface area contributed by atoms with Crippen LogP contribution in [0.5, 0.6) is 5.75 Å². The summed E-state index contributed by atoms with van der Waals surface area (Å²) in [6.07, 6.45) is 0.